The second-order valence-electron chi connectivity index (χ2n) is 13.3. The van der Waals surface area contributed by atoms with Crippen molar-refractivity contribution < 1.29 is 9.53 Å². The molecule has 0 aromatic rings. The van der Waals surface area contributed by atoms with Crippen LogP contribution in [0.1, 0.15) is 239 Å². The molecule has 0 spiro atoms. The SMILES string of the molecule is CCCCCCCCCCCCCCCCCCCCCCCCOC(=O)CCCCCCCCCCCCCC. The number of unbranched alkanes of at least 4 members (excludes halogenated alkanes) is 32. The summed E-state index contributed by atoms with van der Waals surface area (Å²) in [5.74, 6) is 0.0283. The first-order chi connectivity index (χ1) is 20.3. The van der Waals surface area contributed by atoms with E-state index in [1.165, 1.54) is 205 Å². The fraction of sp³-hybridized carbons (Fsp3) is 0.974. The number of carbonyl (C=O) groups excluding carboxylic acids is 1. The Balaban J connectivity index is 3.12. The maximum atomic E-state index is 11.9. The van der Waals surface area contributed by atoms with Gasteiger partial charge >= 0.3 is 5.97 Å². The fourth-order valence-corrected chi connectivity index (χ4v) is 6.08. The number of rotatable bonds is 36. The van der Waals surface area contributed by atoms with Gasteiger partial charge in [0.05, 0.1) is 6.61 Å². The maximum absolute atomic E-state index is 11.9. The molecule has 0 aromatic carbocycles. The molecule has 0 aliphatic rings. The van der Waals surface area contributed by atoms with Crippen molar-refractivity contribution in [1.82, 2.24) is 0 Å². The summed E-state index contributed by atoms with van der Waals surface area (Å²) < 4.78 is 5.45. The minimum atomic E-state index is 0.0283. The van der Waals surface area contributed by atoms with Gasteiger partial charge in [-0.3, -0.25) is 4.79 Å². The summed E-state index contributed by atoms with van der Waals surface area (Å²) in [6.45, 7) is 5.22. The lowest BCUT2D eigenvalue weighted by atomic mass is 10.0. The van der Waals surface area contributed by atoms with Gasteiger partial charge in [0.15, 0.2) is 0 Å². The van der Waals surface area contributed by atoms with Crippen LogP contribution in [-0.2, 0) is 9.53 Å². The second kappa shape index (κ2) is 37.5. The Hall–Kier alpha value is -0.530. The molecular weight excluding hydrogens is 500 g/mol. The van der Waals surface area contributed by atoms with Crippen molar-refractivity contribution in [1.29, 1.82) is 0 Å². The number of hydrogen-bond acceptors (Lipinski definition) is 2. The van der Waals surface area contributed by atoms with Crippen LogP contribution in [0.5, 0.6) is 0 Å². The molecule has 0 saturated heterocycles. The Bertz CT molecular complexity index is 474. The topological polar surface area (TPSA) is 26.3 Å². The molecule has 0 unspecified atom stereocenters. The molecule has 2 heteroatoms. The summed E-state index contributed by atoms with van der Waals surface area (Å²) in [7, 11) is 0. The standard InChI is InChI=1S/C39H78O2/c1-3-5-7-9-11-13-15-17-18-19-20-21-22-23-24-25-26-28-30-32-34-36-38-41-39(40)37-35-33-31-29-27-16-14-12-10-8-6-4-2/h3-38H2,1-2H3. The van der Waals surface area contributed by atoms with E-state index < -0.39 is 0 Å². The van der Waals surface area contributed by atoms with Gasteiger partial charge in [-0.15, -0.1) is 0 Å². The van der Waals surface area contributed by atoms with Crippen molar-refractivity contribution >= 4 is 5.97 Å². The van der Waals surface area contributed by atoms with Crippen LogP contribution in [0.15, 0.2) is 0 Å². The average Bonchev–Trinajstić information content (AvgIpc) is 2.98. The third kappa shape index (κ3) is 37.4. The van der Waals surface area contributed by atoms with Gasteiger partial charge < -0.3 is 4.74 Å². The molecular formula is C39H78O2. The van der Waals surface area contributed by atoms with Crippen LogP contribution < -0.4 is 0 Å². The number of carbonyl (C=O) groups is 1. The summed E-state index contributed by atoms with van der Waals surface area (Å²) >= 11 is 0. The second-order valence-corrected chi connectivity index (χ2v) is 13.3. The van der Waals surface area contributed by atoms with Gasteiger partial charge in [0, 0.05) is 6.42 Å². The largest absolute Gasteiger partial charge is 0.466 e. The van der Waals surface area contributed by atoms with Crippen molar-refractivity contribution in [2.75, 3.05) is 6.61 Å². The van der Waals surface area contributed by atoms with E-state index in [1.807, 2.05) is 0 Å². The molecule has 0 amide bonds. The first-order valence-electron chi connectivity index (χ1n) is 19.5. The lowest BCUT2D eigenvalue weighted by Crippen LogP contribution is -2.05. The van der Waals surface area contributed by atoms with Crippen molar-refractivity contribution in [3.63, 3.8) is 0 Å². The van der Waals surface area contributed by atoms with Crippen molar-refractivity contribution in [2.45, 2.75) is 239 Å². The summed E-state index contributed by atoms with van der Waals surface area (Å²) in [4.78, 5) is 11.9. The van der Waals surface area contributed by atoms with E-state index in [-0.39, 0.29) is 5.97 Å². The molecule has 0 saturated carbocycles. The van der Waals surface area contributed by atoms with E-state index in [9.17, 15) is 4.79 Å². The van der Waals surface area contributed by atoms with Crippen LogP contribution in [-0.4, -0.2) is 12.6 Å². The highest BCUT2D eigenvalue weighted by molar-refractivity contribution is 5.69. The minimum absolute atomic E-state index is 0.0283. The zero-order valence-electron chi connectivity index (χ0n) is 28.8. The molecule has 0 aliphatic carbocycles. The Kier molecular flexibility index (Phi) is 37.0. The first-order valence-corrected chi connectivity index (χ1v) is 19.5. The minimum Gasteiger partial charge on any atom is -0.466 e. The molecule has 2 nitrogen and oxygen atoms in total. The number of ether oxygens (including phenoxy) is 1. The molecule has 0 bridgehead atoms. The summed E-state index contributed by atoms with van der Waals surface area (Å²) in [6.07, 6.45) is 47.6. The van der Waals surface area contributed by atoms with E-state index >= 15 is 0 Å². The fourth-order valence-electron chi connectivity index (χ4n) is 6.08. The Labute approximate surface area is 260 Å². The van der Waals surface area contributed by atoms with Crippen LogP contribution in [0, 0.1) is 0 Å². The van der Waals surface area contributed by atoms with Crippen LogP contribution in [0.25, 0.3) is 0 Å². The quantitative estimate of drug-likeness (QED) is 0.0546. The normalized spacial score (nSPS) is 11.4. The van der Waals surface area contributed by atoms with E-state index in [2.05, 4.69) is 13.8 Å². The monoisotopic (exact) mass is 579 g/mol. The van der Waals surface area contributed by atoms with Gasteiger partial charge in [0.2, 0.25) is 0 Å². The highest BCUT2D eigenvalue weighted by Gasteiger charge is 2.03. The summed E-state index contributed by atoms with van der Waals surface area (Å²) in [5.41, 5.74) is 0. The molecule has 246 valence electrons. The highest BCUT2D eigenvalue weighted by atomic mass is 16.5. The maximum Gasteiger partial charge on any atom is 0.305 e. The van der Waals surface area contributed by atoms with Gasteiger partial charge in [-0.05, 0) is 12.8 Å². The molecule has 0 radical (unpaired) electrons. The van der Waals surface area contributed by atoms with Crippen molar-refractivity contribution in [2.24, 2.45) is 0 Å². The molecule has 0 aliphatic heterocycles. The van der Waals surface area contributed by atoms with Crippen molar-refractivity contribution in [3.05, 3.63) is 0 Å². The molecule has 0 rings (SSSR count). The average molecular weight is 579 g/mol. The first kappa shape index (κ1) is 40.5. The van der Waals surface area contributed by atoms with E-state index in [4.69, 9.17) is 4.74 Å². The molecule has 41 heavy (non-hydrogen) atoms. The highest BCUT2D eigenvalue weighted by Crippen LogP contribution is 2.16. The number of esters is 1. The van der Waals surface area contributed by atoms with E-state index in [0.29, 0.717) is 13.0 Å². The molecule has 0 N–H and O–H groups in total. The van der Waals surface area contributed by atoms with Crippen LogP contribution in [0.3, 0.4) is 0 Å². The van der Waals surface area contributed by atoms with Crippen LogP contribution in [0.2, 0.25) is 0 Å². The lowest BCUT2D eigenvalue weighted by molar-refractivity contribution is -0.143. The molecule has 0 fully saturated rings. The Morgan fingerprint density at radius 2 is 0.537 bits per heavy atom. The van der Waals surface area contributed by atoms with E-state index in [1.54, 1.807) is 0 Å². The van der Waals surface area contributed by atoms with Crippen molar-refractivity contribution in [3.8, 4) is 0 Å². The molecule has 0 atom stereocenters. The summed E-state index contributed by atoms with van der Waals surface area (Å²) in [5, 5.41) is 0. The van der Waals surface area contributed by atoms with Gasteiger partial charge in [0.25, 0.3) is 0 Å². The van der Waals surface area contributed by atoms with E-state index in [0.717, 1.165) is 12.8 Å². The Morgan fingerprint density at radius 1 is 0.317 bits per heavy atom. The van der Waals surface area contributed by atoms with Crippen LogP contribution in [0.4, 0.5) is 0 Å². The molecule has 0 heterocycles. The molecule has 0 aromatic heterocycles. The lowest BCUT2D eigenvalue weighted by Gasteiger charge is -2.06. The smallest absolute Gasteiger partial charge is 0.305 e. The third-order valence-electron chi connectivity index (χ3n) is 9.00. The Morgan fingerprint density at radius 3 is 0.805 bits per heavy atom. The zero-order valence-corrected chi connectivity index (χ0v) is 28.8. The van der Waals surface area contributed by atoms with Gasteiger partial charge in [-0.1, -0.05) is 219 Å². The van der Waals surface area contributed by atoms with Gasteiger partial charge in [-0.2, -0.15) is 0 Å². The van der Waals surface area contributed by atoms with Gasteiger partial charge in [0.1, 0.15) is 0 Å². The summed E-state index contributed by atoms with van der Waals surface area (Å²) in [6, 6.07) is 0. The predicted octanol–water partition coefficient (Wildman–Crippen LogP) is 14.2. The van der Waals surface area contributed by atoms with Gasteiger partial charge in [-0.25, -0.2) is 0 Å². The zero-order chi connectivity index (χ0) is 29.7. The predicted molar refractivity (Wildman–Crippen MR) is 184 cm³/mol. The van der Waals surface area contributed by atoms with Crippen LogP contribution >= 0.6 is 0 Å². The third-order valence-corrected chi connectivity index (χ3v) is 9.00. The number of hydrogen-bond donors (Lipinski definition) is 0.